The molecular weight excluding hydrogens is 216 g/mol. The molecule has 2 fully saturated rings. The SMILES string of the molecule is CC(C)CCNC(=O)CN1CC(O)(C2CC2)C1. The van der Waals surface area contributed by atoms with Gasteiger partial charge in [-0.2, -0.15) is 0 Å². The van der Waals surface area contributed by atoms with Crippen LogP contribution in [0.25, 0.3) is 0 Å². The van der Waals surface area contributed by atoms with E-state index in [0.29, 0.717) is 31.5 Å². The molecular formula is C13H24N2O2. The summed E-state index contributed by atoms with van der Waals surface area (Å²) in [5.74, 6) is 1.21. The molecule has 0 unspecified atom stereocenters. The molecule has 0 atom stereocenters. The van der Waals surface area contributed by atoms with Crippen molar-refractivity contribution in [3.63, 3.8) is 0 Å². The van der Waals surface area contributed by atoms with Crippen LogP contribution in [0.1, 0.15) is 33.1 Å². The summed E-state index contributed by atoms with van der Waals surface area (Å²) in [6, 6.07) is 0. The summed E-state index contributed by atoms with van der Waals surface area (Å²) in [4.78, 5) is 13.6. The first-order valence-corrected chi connectivity index (χ1v) is 6.71. The number of aliphatic hydroxyl groups is 1. The Hall–Kier alpha value is -0.610. The number of carbonyl (C=O) groups is 1. The maximum absolute atomic E-state index is 11.6. The van der Waals surface area contributed by atoms with Crippen molar-refractivity contribution in [3.05, 3.63) is 0 Å². The number of β-amino-alcohol motifs (C(OH)–C–C–N with tert-alkyl or cyclic N) is 1. The highest BCUT2D eigenvalue weighted by molar-refractivity contribution is 5.78. The lowest BCUT2D eigenvalue weighted by Crippen LogP contribution is -2.64. The Labute approximate surface area is 103 Å². The molecule has 1 saturated heterocycles. The van der Waals surface area contributed by atoms with Crippen LogP contribution in [0.5, 0.6) is 0 Å². The van der Waals surface area contributed by atoms with Crippen LogP contribution in [0.4, 0.5) is 0 Å². The van der Waals surface area contributed by atoms with E-state index in [2.05, 4.69) is 19.2 Å². The molecule has 17 heavy (non-hydrogen) atoms. The fraction of sp³-hybridized carbons (Fsp3) is 0.923. The Morgan fingerprint density at radius 2 is 2.12 bits per heavy atom. The lowest BCUT2D eigenvalue weighted by atomic mass is 9.89. The average Bonchev–Trinajstić information content (AvgIpc) is 2.97. The minimum atomic E-state index is -0.474. The topological polar surface area (TPSA) is 52.6 Å². The highest BCUT2D eigenvalue weighted by atomic mass is 16.3. The number of rotatable bonds is 6. The third-order valence-corrected chi connectivity index (χ3v) is 3.74. The van der Waals surface area contributed by atoms with E-state index >= 15 is 0 Å². The van der Waals surface area contributed by atoms with Crippen molar-refractivity contribution >= 4 is 5.91 Å². The molecule has 2 aliphatic rings. The largest absolute Gasteiger partial charge is 0.387 e. The van der Waals surface area contributed by atoms with Gasteiger partial charge >= 0.3 is 0 Å². The lowest BCUT2D eigenvalue weighted by molar-refractivity contribution is -0.136. The molecule has 1 heterocycles. The first-order valence-electron chi connectivity index (χ1n) is 6.71. The van der Waals surface area contributed by atoms with Gasteiger partial charge in [0.2, 0.25) is 5.91 Å². The standard InChI is InChI=1S/C13H24N2O2/c1-10(2)5-6-14-12(16)7-15-8-13(17,9-15)11-3-4-11/h10-11,17H,3-9H2,1-2H3,(H,14,16). The maximum atomic E-state index is 11.6. The zero-order chi connectivity index (χ0) is 12.5. The Bertz CT molecular complexity index is 281. The van der Waals surface area contributed by atoms with Crippen LogP contribution in [0.3, 0.4) is 0 Å². The molecule has 2 rings (SSSR count). The summed E-state index contributed by atoms with van der Waals surface area (Å²) in [5, 5.41) is 13.0. The normalized spacial score (nSPS) is 23.5. The van der Waals surface area contributed by atoms with Crippen LogP contribution >= 0.6 is 0 Å². The first kappa shape index (κ1) is 12.8. The van der Waals surface area contributed by atoms with Gasteiger partial charge in [0.25, 0.3) is 0 Å². The molecule has 0 bridgehead atoms. The summed E-state index contributed by atoms with van der Waals surface area (Å²) in [6.07, 6.45) is 3.34. The van der Waals surface area contributed by atoms with Gasteiger partial charge in [-0.25, -0.2) is 0 Å². The number of carbonyl (C=O) groups excluding carboxylic acids is 1. The van der Waals surface area contributed by atoms with Crippen molar-refractivity contribution in [1.82, 2.24) is 10.2 Å². The Kier molecular flexibility index (Phi) is 3.73. The van der Waals surface area contributed by atoms with Crippen molar-refractivity contribution in [2.24, 2.45) is 11.8 Å². The first-order chi connectivity index (χ1) is 7.99. The molecule has 0 radical (unpaired) electrons. The number of hydrogen-bond donors (Lipinski definition) is 2. The van der Waals surface area contributed by atoms with E-state index in [1.165, 1.54) is 0 Å². The zero-order valence-electron chi connectivity index (χ0n) is 10.9. The van der Waals surface area contributed by atoms with E-state index in [9.17, 15) is 9.90 Å². The fourth-order valence-corrected chi connectivity index (χ4v) is 2.48. The number of hydrogen-bond acceptors (Lipinski definition) is 3. The van der Waals surface area contributed by atoms with Crippen LogP contribution in [0.2, 0.25) is 0 Å². The number of nitrogens with zero attached hydrogens (tertiary/aromatic N) is 1. The van der Waals surface area contributed by atoms with Gasteiger partial charge in [-0.1, -0.05) is 13.8 Å². The third-order valence-electron chi connectivity index (χ3n) is 3.74. The van der Waals surface area contributed by atoms with Crippen molar-refractivity contribution in [1.29, 1.82) is 0 Å². The third kappa shape index (κ3) is 3.42. The molecule has 1 aliphatic heterocycles. The second-order valence-electron chi connectivity index (χ2n) is 6.06. The predicted molar refractivity (Wildman–Crippen MR) is 66.6 cm³/mol. The summed E-state index contributed by atoms with van der Waals surface area (Å²) < 4.78 is 0. The monoisotopic (exact) mass is 240 g/mol. The molecule has 0 aromatic carbocycles. The number of amides is 1. The lowest BCUT2D eigenvalue weighted by Gasteiger charge is -2.46. The van der Waals surface area contributed by atoms with Gasteiger partial charge in [-0.15, -0.1) is 0 Å². The van der Waals surface area contributed by atoms with Crippen LogP contribution in [0.15, 0.2) is 0 Å². The van der Waals surface area contributed by atoms with E-state index < -0.39 is 5.60 Å². The molecule has 1 amide bonds. The summed E-state index contributed by atoms with van der Waals surface area (Å²) in [5.41, 5.74) is -0.474. The second-order valence-corrected chi connectivity index (χ2v) is 6.06. The van der Waals surface area contributed by atoms with Gasteiger partial charge in [0.05, 0.1) is 12.1 Å². The maximum Gasteiger partial charge on any atom is 0.234 e. The molecule has 98 valence electrons. The van der Waals surface area contributed by atoms with E-state index in [-0.39, 0.29) is 5.91 Å². The molecule has 0 aromatic rings. The van der Waals surface area contributed by atoms with Gasteiger partial charge in [-0.3, -0.25) is 9.69 Å². The summed E-state index contributed by atoms with van der Waals surface area (Å²) in [7, 11) is 0. The van der Waals surface area contributed by atoms with Gasteiger partial charge in [0.15, 0.2) is 0 Å². The zero-order valence-corrected chi connectivity index (χ0v) is 10.9. The smallest absolute Gasteiger partial charge is 0.234 e. The molecule has 0 aromatic heterocycles. The highest BCUT2D eigenvalue weighted by Crippen LogP contribution is 2.44. The average molecular weight is 240 g/mol. The van der Waals surface area contributed by atoms with Crippen molar-refractivity contribution in [2.75, 3.05) is 26.2 Å². The van der Waals surface area contributed by atoms with Gasteiger partial charge in [0.1, 0.15) is 0 Å². The van der Waals surface area contributed by atoms with E-state index in [4.69, 9.17) is 0 Å². The minimum Gasteiger partial charge on any atom is -0.387 e. The molecule has 4 heteroatoms. The summed E-state index contributed by atoms with van der Waals surface area (Å²) in [6.45, 7) is 6.85. The van der Waals surface area contributed by atoms with E-state index in [1.54, 1.807) is 0 Å². The van der Waals surface area contributed by atoms with E-state index in [1.807, 2.05) is 4.90 Å². The van der Waals surface area contributed by atoms with Gasteiger partial charge in [0, 0.05) is 19.6 Å². The molecule has 4 nitrogen and oxygen atoms in total. The fourth-order valence-electron chi connectivity index (χ4n) is 2.48. The second kappa shape index (κ2) is 4.94. The van der Waals surface area contributed by atoms with E-state index in [0.717, 1.165) is 25.8 Å². The molecule has 2 N–H and O–H groups in total. The predicted octanol–water partition coefficient (Wildman–Crippen LogP) is 0.605. The quantitative estimate of drug-likeness (QED) is 0.715. The minimum absolute atomic E-state index is 0.0866. The van der Waals surface area contributed by atoms with Crippen LogP contribution in [-0.4, -0.2) is 47.7 Å². The van der Waals surface area contributed by atoms with Crippen LogP contribution < -0.4 is 5.32 Å². The molecule has 1 aliphatic carbocycles. The Morgan fingerprint density at radius 3 is 2.65 bits per heavy atom. The van der Waals surface area contributed by atoms with Crippen LogP contribution in [0, 0.1) is 11.8 Å². The molecule has 1 saturated carbocycles. The Morgan fingerprint density at radius 1 is 1.47 bits per heavy atom. The summed E-state index contributed by atoms with van der Waals surface area (Å²) >= 11 is 0. The van der Waals surface area contributed by atoms with Crippen LogP contribution in [-0.2, 0) is 4.79 Å². The highest BCUT2D eigenvalue weighted by Gasteiger charge is 2.51. The Balaban J connectivity index is 1.58. The number of likely N-dealkylation sites (tertiary alicyclic amines) is 1. The van der Waals surface area contributed by atoms with Crippen molar-refractivity contribution in [2.45, 2.75) is 38.7 Å². The van der Waals surface area contributed by atoms with Gasteiger partial charge in [-0.05, 0) is 31.1 Å². The molecule has 0 spiro atoms. The van der Waals surface area contributed by atoms with Gasteiger partial charge < -0.3 is 10.4 Å². The number of nitrogens with one attached hydrogen (secondary N) is 1. The van der Waals surface area contributed by atoms with Crippen molar-refractivity contribution in [3.8, 4) is 0 Å². The van der Waals surface area contributed by atoms with Crippen molar-refractivity contribution < 1.29 is 9.90 Å².